The minimum Gasteiger partial charge on any atom is -0.367 e. The number of piperidine rings is 2. The molecule has 3 fully saturated rings. The lowest BCUT2D eigenvalue weighted by atomic mass is 9.84. The molecule has 6 heterocycles. The van der Waals surface area contributed by atoms with Crippen molar-refractivity contribution in [1.82, 2.24) is 28.8 Å². The van der Waals surface area contributed by atoms with Crippen LogP contribution in [0.2, 0.25) is 0 Å². The first kappa shape index (κ1) is 21.8. The van der Waals surface area contributed by atoms with Gasteiger partial charge in [-0.05, 0) is 51.2 Å². The molecule has 0 aromatic carbocycles. The van der Waals surface area contributed by atoms with Crippen molar-refractivity contribution in [2.45, 2.75) is 63.6 Å². The van der Waals surface area contributed by atoms with Gasteiger partial charge in [0.2, 0.25) is 0 Å². The topological polar surface area (TPSA) is 119 Å². The number of pyridine rings is 2. The number of nitrogens with zero attached hydrogens (tertiary/aromatic N) is 5. The van der Waals surface area contributed by atoms with Gasteiger partial charge in [-0.3, -0.25) is 10.1 Å². The smallest absolute Gasteiger partial charge is 0.282 e. The maximum atomic E-state index is 13.2. The summed E-state index contributed by atoms with van der Waals surface area (Å²) < 4.78 is 29.9. The highest BCUT2D eigenvalue weighted by molar-refractivity contribution is 7.86. The summed E-state index contributed by atoms with van der Waals surface area (Å²) >= 11 is 0. The fourth-order valence-corrected chi connectivity index (χ4v) is 7.66. The lowest BCUT2D eigenvalue weighted by Gasteiger charge is -2.50. The van der Waals surface area contributed by atoms with Crippen LogP contribution in [0.5, 0.6) is 0 Å². The van der Waals surface area contributed by atoms with E-state index in [4.69, 9.17) is 4.98 Å². The van der Waals surface area contributed by atoms with Crippen molar-refractivity contribution in [3.8, 4) is 0 Å². The summed E-state index contributed by atoms with van der Waals surface area (Å²) in [6.45, 7) is 3.25. The Hall–Kier alpha value is -2.76. The van der Waals surface area contributed by atoms with E-state index in [1.807, 2.05) is 35.5 Å². The van der Waals surface area contributed by atoms with Crippen molar-refractivity contribution in [2.75, 3.05) is 23.7 Å². The second kappa shape index (κ2) is 8.47. The number of fused-ring (bicyclic) bond motifs is 3. The largest absolute Gasteiger partial charge is 0.367 e. The Kier molecular flexibility index (Phi) is 5.42. The molecular formula is C23H30N8O2S. The number of nitrogens with one attached hydrogen (secondary N) is 3. The van der Waals surface area contributed by atoms with Crippen molar-refractivity contribution < 1.29 is 8.42 Å². The van der Waals surface area contributed by atoms with Gasteiger partial charge in [-0.1, -0.05) is 6.42 Å². The molecule has 3 aliphatic rings. The Labute approximate surface area is 199 Å². The fraction of sp³-hybridized carbons (Fsp3) is 0.522. The SMILES string of the molecule is Cc1cc(Nc2cc3ncccc3c(NC3C[C@H]4CCC[C@@H](C3)N4S(=O)(=O)N3CCC3)n2)n[nH]1. The number of hydrogen-bond donors (Lipinski definition) is 3. The Balaban J connectivity index is 1.26. The third-order valence-corrected chi connectivity index (χ3v) is 9.36. The van der Waals surface area contributed by atoms with E-state index >= 15 is 0 Å². The molecule has 0 radical (unpaired) electrons. The van der Waals surface area contributed by atoms with E-state index in [9.17, 15) is 8.42 Å². The van der Waals surface area contributed by atoms with Gasteiger partial charge in [-0.2, -0.15) is 22.1 Å². The van der Waals surface area contributed by atoms with Gasteiger partial charge >= 0.3 is 0 Å². The van der Waals surface area contributed by atoms with Gasteiger partial charge in [0.1, 0.15) is 11.6 Å². The average molecular weight is 483 g/mol. The molecule has 3 atom stereocenters. The molecule has 3 N–H and O–H groups in total. The minimum absolute atomic E-state index is 0.0355. The lowest BCUT2D eigenvalue weighted by molar-refractivity contribution is 0.102. The summed E-state index contributed by atoms with van der Waals surface area (Å²) in [6.07, 6.45) is 7.21. The highest BCUT2D eigenvalue weighted by Gasteiger charge is 2.47. The number of rotatable bonds is 6. The van der Waals surface area contributed by atoms with E-state index in [2.05, 4.69) is 25.8 Å². The summed E-state index contributed by atoms with van der Waals surface area (Å²) in [5.74, 6) is 2.13. The van der Waals surface area contributed by atoms with Crippen LogP contribution in [0.15, 0.2) is 30.5 Å². The van der Waals surface area contributed by atoms with Crippen molar-refractivity contribution in [3.63, 3.8) is 0 Å². The Bertz CT molecular complexity index is 1290. The Morgan fingerprint density at radius 1 is 1.09 bits per heavy atom. The highest BCUT2D eigenvalue weighted by Crippen LogP contribution is 2.39. The van der Waals surface area contributed by atoms with Crippen LogP contribution in [0.4, 0.5) is 17.5 Å². The first-order valence-corrected chi connectivity index (χ1v) is 13.5. The van der Waals surface area contributed by atoms with Crippen LogP contribution in [-0.2, 0) is 10.2 Å². The summed E-state index contributed by atoms with van der Waals surface area (Å²) in [7, 11) is -3.36. The molecule has 10 nitrogen and oxygen atoms in total. The summed E-state index contributed by atoms with van der Waals surface area (Å²) in [5.41, 5.74) is 1.80. The monoisotopic (exact) mass is 482 g/mol. The van der Waals surface area contributed by atoms with Gasteiger partial charge in [0, 0.05) is 60.6 Å². The van der Waals surface area contributed by atoms with Gasteiger partial charge in [0.15, 0.2) is 5.82 Å². The van der Waals surface area contributed by atoms with Crippen LogP contribution in [0.1, 0.15) is 44.2 Å². The number of hydrogen-bond acceptors (Lipinski definition) is 7. The normalized spacial score (nSPS) is 25.7. The number of H-pyrrole nitrogens is 1. The van der Waals surface area contributed by atoms with Crippen molar-refractivity contribution in [1.29, 1.82) is 0 Å². The summed E-state index contributed by atoms with van der Waals surface area (Å²) in [5, 5.41) is 15.1. The van der Waals surface area contributed by atoms with Gasteiger partial charge in [0.05, 0.1) is 5.52 Å². The van der Waals surface area contributed by atoms with Crippen molar-refractivity contribution in [2.24, 2.45) is 0 Å². The number of anilines is 3. The minimum atomic E-state index is -3.36. The zero-order chi connectivity index (χ0) is 23.3. The predicted octanol–water partition coefficient (Wildman–Crippen LogP) is 3.15. The van der Waals surface area contributed by atoms with E-state index in [1.54, 1.807) is 10.5 Å². The molecule has 3 aromatic heterocycles. The van der Waals surface area contributed by atoms with Gasteiger partial charge in [-0.25, -0.2) is 4.98 Å². The van der Waals surface area contributed by atoms with Crippen LogP contribution < -0.4 is 10.6 Å². The second-order valence-electron chi connectivity index (χ2n) is 9.63. The lowest BCUT2D eigenvalue weighted by Crippen LogP contribution is -2.62. The molecule has 180 valence electrons. The van der Waals surface area contributed by atoms with Crippen LogP contribution >= 0.6 is 0 Å². The van der Waals surface area contributed by atoms with Crippen molar-refractivity contribution in [3.05, 3.63) is 36.2 Å². The molecule has 0 spiro atoms. The molecule has 0 aliphatic carbocycles. The molecule has 1 unspecified atom stereocenters. The second-order valence-corrected chi connectivity index (χ2v) is 11.5. The van der Waals surface area contributed by atoms with E-state index < -0.39 is 10.2 Å². The van der Waals surface area contributed by atoms with Crippen LogP contribution in [0.3, 0.4) is 0 Å². The molecule has 34 heavy (non-hydrogen) atoms. The van der Waals surface area contributed by atoms with Crippen LogP contribution in [-0.4, -0.2) is 68.4 Å². The molecule has 11 heteroatoms. The predicted molar refractivity (Wildman–Crippen MR) is 131 cm³/mol. The number of aryl methyl sites for hydroxylation is 1. The van der Waals surface area contributed by atoms with E-state index in [-0.39, 0.29) is 18.1 Å². The molecule has 2 bridgehead atoms. The van der Waals surface area contributed by atoms with Gasteiger partial charge in [-0.15, -0.1) is 0 Å². The molecule has 6 rings (SSSR count). The number of aromatic nitrogens is 4. The molecule has 3 saturated heterocycles. The first-order valence-electron chi connectivity index (χ1n) is 12.1. The number of aromatic amines is 1. The first-order chi connectivity index (χ1) is 16.5. The van der Waals surface area contributed by atoms with E-state index in [0.717, 1.165) is 60.9 Å². The zero-order valence-electron chi connectivity index (χ0n) is 19.2. The molecular weight excluding hydrogens is 452 g/mol. The molecule has 3 aliphatic heterocycles. The fourth-order valence-electron chi connectivity index (χ4n) is 5.54. The van der Waals surface area contributed by atoms with Gasteiger partial charge in [0.25, 0.3) is 10.2 Å². The van der Waals surface area contributed by atoms with Crippen LogP contribution in [0.25, 0.3) is 10.9 Å². The van der Waals surface area contributed by atoms with Crippen molar-refractivity contribution >= 4 is 38.6 Å². The third-order valence-electron chi connectivity index (χ3n) is 7.22. The molecule has 0 saturated carbocycles. The highest BCUT2D eigenvalue weighted by atomic mass is 32.2. The Morgan fingerprint density at radius 3 is 2.56 bits per heavy atom. The van der Waals surface area contributed by atoms with Crippen LogP contribution in [0, 0.1) is 6.92 Å². The van der Waals surface area contributed by atoms with E-state index in [1.165, 1.54) is 0 Å². The maximum absolute atomic E-state index is 13.2. The summed E-state index contributed by atoms with van der Waals surface area (Å²) in [4.78, 5) is 9.39. The quantitative estimate of drug-likeness (QED) is 0.494. The average Bonchev–Trinajstić information content (AvgIpc) is 3.16. The Morgan fingerprint density at radius 2 is 1.88 bits per heavy atom. The zero-order valence-corrected chi connectivity index (χ0v) is 20.1. The van der Waals surface area contributed by atoms with E-state index in [0.29, 0.717) is 24.7 Å². The molecule has 0 amide bonds. The maximum Gasteiger partial charge on any atom is 0.282 e. The van der Waals surface area contributed by atoms with Gasteiger partial charge < -0.3 is 10.6 Å². The molecule has 3 aromatic rings. The third kappa shape index (κ3) is 3.91. The standard InChI is InChI=1S/C23H30N8O2S/c1-15-11-22(29-28-15)26-21-14-20-19(7-3-8-24-20)23(27-21)25-16-12-17-5-2-6-18(13-16)31(17)34(32,33)30-9-4-10-30/h3,7-8,11,14,16-18H,2,4-6,9-10,12-13H2,1H3,(H3,25,26,27,28,29)/t16?,17-,18+. The summed E-state index contributed by atoms with van der Waals surface area (Å²) in [6, 6.07) is 7.99.